The van der Waals surface area contributed by atoms with Gasteiger partial charge in [-0.2, -0.15) is 13.2 Å². The SMILES string of the molecule is CC1CCNCC1.O=C(O)CCc1ccc(F)c(NC(=O)CCC(F)(F)F)c1. The normalized spacial score (nSPS) is 14.8. The zero-order valence-corrected chi connectivity index (χ0v) is 15.7. The third kappa shape index (κ3) is 10.9. The molecule has 0 atom stereocenters. The molecule has 158 valence electrons. The molecule has 1 saturated heterocycles. The number of hydrogen-bond acceptors (Lipinski definition) is 3. The van der Waals surface area contributed by atoms with E-state index in [1.165, 1.54) is 38.1 Å². The fraction of sp³-hybridized carbons (Fsp3) is 0.579. The first-order valence-corrected chi connectivity index (χ1v) is 9.14. The molecule has 0 radical (unpaired) electrons. The fourth-order valence-corrected chi connectivity index (χ4v) is 2.51. The van der Waals surface area contributed by atoms with Crippen LogP contribution < -0.4 is 10.6 Å². The maximum atomic E-state index is 13.4. The summed E-state index contributed by atoms with van der Waals surface area (Å²) in [6.07, 6.45) is -3.85. The lowest BCUT2D eigenvalue weighted by Gasteiger charge is -2.17. The van der Waals surface area contributed by atoms with Crippen molar-refractivity contribution >= 4 is 17.6 Å². The van der Waals surface area contributed by atoms with Gasteiger partial charge in [0, 0.05) is 12.8 Å². The van der Waals surface area contributed by atoms with E-state index in [4.69, 9.17) is 5.11 Å². The summed E-state index contributed by atoms with van der Waals surface area (Å²) in [6.45, 7) is 4.79. The van der Waals surface area contributed by atoms with E-state index in [1.54, 1.807) is 0 Å². The molecule has 1 heterocycles. The number of carbonyl (C=O) groups excluding carboxylic acids is 1. The third-order valence-corrected chi connectivity index (χ3v) is 4.20. The van der Waals surface area contributed by atoms with Crippen molar-refractivity contribution in [3.8, 4) is 0 Å². The van der Waals surface area contributed by atoms with Crippen LogP contribution >= 0.6 is 0 Å². The highest BCUT2D eigenvalue weighted by Crippen LogP contribution is 2.22. The number of hydrogen-bond donors (Lipinski definition) is 3. The highest BCUT2D eigenvalue weighted by Gasteiger charge is 2.28. The van der Waals surface area contributed by atoms with Crippen molar-refractivity contribution in [2.24, 2.45) is 5.92 Å². The lowest BCUT2D eigenvalue weighted by molar-refractivity contribution is -0.142. The van der Waals surface area contributed by atoms with Crippen LogP contribution in [0.4, 0.5) is 23.2 Å². The van der Waals surface area contributed by atoms with Gasteiger partial charge < -0.3 is 15.7 Å². The zero-order chi connectivity index (χ0) is 21.2. The van der Waals surface area contributed by atoms with Gasteiger partial charge in [-0.05, 0) is 56.0 Å². The van der Waals surface area contributed by atoms with Crippen LogP contribution in [0.3, 0.4) is 0 Å². The van der Waals surface area contributed by atoms with Crippen LogP contribution in [-0.2, 0) is 16.0 Å². The lowest BCUT2D eigenvalue weighted by atomic mass is 10.0. The maximum absolute atomic E-state index is 13.4. The molecule has 3 N–H and O–H groups in total. The van der Waals surface area contributed by atoms with E-state index in [1.807, 2.05) is 5.32 Å². The third-order valence-electron chi connectivity index (χ3n) is 4.20. The molecule has 0 bridgehead atoms. The average Bonchev–Trinajstić information content (AvgIpc) is 2.61. The fourth-order valence-electron chi connectivity index (χ4n) is 2.51. The van der Waals surface area contributed by atoms with Crippen molar-refractivity contribution in [3.05, 3.63) is 29.6 Å². The summed E-state index contributed by atoms with van der Waals surface area (Å²) in [4.78, 5) is 21.7. The van der Waals surface area contributed by atoms with Gasteiger partial charge in [-0.3, -0.25) is 9.59 Å². The Kier molecular flexibility index (Phi) is 9.92. The Labute approximate surface area is 161 Å². The molecule has 0 unspecified atom stereocenters. The smallest absolute Gasteiger partial charge is 0.389 e. The van der Waals surface area contributed by atoms with E-state index < -0.39 is 36.7 Å². The van der Waals surface area contributed by atoms with Crippen LogP contribution in [0.15, 0.2) is 18.2 Å². The van der Waals surface area contributed by atoms with Gasteiger partial charge in [0.05, 0.1) is 12.1 Å². The summed E-state index contributed by atoms with van der Waals surface area (Å²) in [5.74, 6) is -1.81. The van der Waals surface area contributed by atoms with Crippen molar-refractivity contribution < 1.29 is 32.3 Å². The molecule has 0 saturated carbocycles. The van der Waals surface area contributed by atoms with Gasteiger partial charge in [0.2, 0.25) is 5.91 Å². The highest BCUT2D eigenvalue weighted by atomic mass is 19.4. The van der Waals surface area contributed by atoms with Gasteiger partial charge in [-0.15, -0.1) is 0 Å². The predicted molar refractivity (Wildman–Crippen MR) is 97.5 cm³/mol. The minimum atomic E-state index is -4.46. The number of benzene rings is 1. The van der Waals surface area contributed by atoms with Crippen LogP contribution in [0, 0.1) is 11.7 Å². The number of piperidine rings is 1. The van der Waals surface area contributed by atoms with Gasteiger partial charge in [0.25, 0.3) is 0 Å². The van der Waals surface area contributed by atoms with Gasteiger partial charge in [-0.1, -0.05) is 13.0 Å². The maximum Gasteiger partial charge on any atom is 0.389 e. The zero-order valence-electron chi connectivity index (χ0n) is 15.7. The second-order valence-electron chi connectivity index (χ2n) is 6.80. The molecule has 0 spiro atoms. The first-order valence-electron chi connectivity index (χ1n) is 9.14. The van der Waals surface area contributed by atoms with E-state index in [9.17, 15) is 27.2 Å². The first-order chi connectivity index (χ1) is 13.1. The summed E-state index contributed by atoms with van der Waals surface area (Å²) < 4.78 is 49.3. The Morgan fingerprint density at radius 3 is 2.36 bits per heavy atom. The minimum Gasteiger partial charge on any atom is -0.481 e. The molecule has 1 aliphatic rings. The molecule has 1 amide bonds. The van der Waals surface area contributed by atoms with Crippen LogP contribution in [-0.4, -0.2) is 36.2 Å². The van der Waals surface area contributed by atoms with Crippen LogP contribution in [0.25, 0.3) is 0 Å². The van der Waals surface area contributed by atoms with Crippen molar-refractivity contribution in [1.29, 1.82) is 0 Å². The van der Waals surface area contributed by atoms with Gasteiger partial charge in [0.15, 0.2) is 0 Å². The predicted octanol–water partition coefficient (Wildman–Crippen LogP) is 4.13. The number of amides is 1. The summed E-state index contributed by atoms with van der Waals surface area (Å²) in [6, 6.07) is 3.59. The summed E-state index contributed by atoms with van der Waals surface area (Å²) in [5, 5.41) is 13.9. The number of aryl methyl sites for hydroxylation is 1. The van der Waals surface area contributed by atoms with E-state index in [2.05, 4.69) is 12.2 Å². The van der Waals surface area contributed by atoms with Gasteiger partial charge in [-0.25, -0.2) is 4.39 Å². The number of carbonyl (C=O) groups is 2. The molecule has 9 heteroatoms. The minimum absolute atomic E-state index is 0.126. The average molecular weight is 406 g/mol. The van der Waals surface area contributed by atoms with Crippen molar-refractivity contribution in [2.75, 3.05) is 18.4 Å². The molecule has 1 aromatic carbocycles. The number of alkyl halides is 3. The van der Waals surface area contributed by atoms with E-state index >= 15 is 0 Å². The van der Waals surface area contributed by atoms with Crippen molar-refractivity contribution in [3.63, 3.8) is 0 Å². The Morgan fingerprint density at radius 1 is 1.21 bits per heavy atom. The Hall–Kier alpha value is -2.16. The molecule has 1 aliphatic heterocycles. The van der Waals surface area contributed by atoms with Crippen LogP contribution in [0.5, 0.6) is 0 Å². The standard InChI is InChI=1S/C13H13F4NO3.C6H13N/c14-9-3-1-8(2-4-12(20)21)7-10(9)18-11(19)5-6-13(15,16)17;1-6-2-4-7-5-3-6/h1,3,7H,2,4-6H2,(H,18,19)(H,20,21);6-7H,2-5H2,1H3. The second kappa shape index (κ2) is 11.6. The highest BCUT2D eigenvalue weighted by molar-refractivity contribution is 5.90. The van der Waals surface area contributed by atoms with E-state index in [0.29, 0.717) is 5.56 Å². The first kappa shape index (κ1) is 23.9. The summed E-state index contributed by atoms with van der Waals surface area (Å²) >= 11 is 0. The van der Waals surface area contributed by atoms with Gasteiger partial charge >= 0.3 is 12.1 Å². The Morgan fingerprint density at radius 2 is 1.86 bits per heavy atom. The molecule has 1 aromatic rings. The molecule has 2 rings (SSSR count). The molecule has 5 nitrogen and oxygen atoms in total. The van der Waals surface area contributed by atoms with Gasteiger partial charge in [0.1, 0.15) is 5.82 Å². The number of halogens is 4. The number of nitrogens with one attached hydrogen (secondary N) is 2. The molecule has 0 aliphatic carbocycles. The second-order valence-corrected chi connectivity index (χ2v) is 6.80. The van der Waals surface area contributed by atoms with E-state index in [-0.39, 0.29) is 18.5 Å². The monoisotopic (exact) mass is 406 g/mol. The number of rotatable bonds is 6. The largest absolute Gasteiger partial charge is 0.481 e. The summed E-state index contributed by atoms with van der Waals surface area (Å²) in [5.41, 5.74) is 0.204. The number of aliphatic carboxylic acids is 1. The molecule has 28 heavy (non-hydrogen) atoms. The summed E-state index contributed by atoms with van der Waals surface area (Å²) in [7, 11) is 0. The molecular formula is C19H26F4N2O3. The van der Waals surface area contributed by atoms with E-state index in [0.717, 1.165) is 12.0 Å². The molecular weight excluding hydrogens is 380 g/mol. The Bertz CT molecular complexity index is 645. The van der Waals surface area contributed by atoms with Crippen molar-refractivity contribution in [2.45, 2.75) is 51.6 Å². The topological polar surface area (TPSA) is 78.4 Å². The lowest BCUT2D eigenvalue weighted by Crippen LogP contribution is -2.26. The van der Waals surface area contributed by atoms with Crippen LogP contribution in [0.2, 0.25) is 0 Å². The molecule has 0 aromatic heterocycles. The number of carboxylic acids is 1. The quantitative estimate of drug-likeness (QED) is 0.621. The number of carboxylic acid groups (broad SMARTS) is 1. The van der Waals surface area contributed by atoms with Crippen LogP contribution in [0.1, 0.15) is 44.6 Å². The Balaban J connectivity index is 0.000000467. The molecule has 1 fully saturated rings. The van der Waals surface area contributed by atoms with Crippen molar-refractivity contribution in [1.82, 2.24) is 5.32 Å². The number of anilines is 1.